The normalized spacial score (nSPS) is 16.3. The molecule has 0 saturated carbocycles. The van der Waals surface area contributed by atoms with Crippen LogP contribution < -0.4 is 11.5 Å². The standard InChI is InChI=1S/C14H17N5O2/c15-8-4-6-19(7-5-8)14(21)13-17-10-3-1-2-9(12(16)20)11(10)18-13/h1-3,8H,4-7,15H2,(H2,16,20)(H,17,18). The van der Waals surface area contributed by atoms with Gasteiger partial charge < -0.3 is 21.4 Å². The molecule has 2 amide bonds. The Morgan fingerprint density at radius 1 is 1.29 bits per heavy atom. The average Bonchev–Trinajstić information content (AvgIpc) is 2.90. The largest absolute Gasteiger partial charge is 0.366 e. The van der Waals surface area contributed by atoms with Gasteiger partial charge in [0, 0.05) is 19.1 Å². The zero-order valence-electron chi connectivity index (χ0n) is 11.5. The van der Waals surface area contributed by atoms with Crippen molar-refractivity contribution in [2.75, 3.05) is 13.1 Å². The number of H-pyrrole nitrogens is 1. The van der Waals surface area contributed by atoms with Crippen LogP contribution in [0.5, 0.6) is 0 Å². The summed E-state index contributed by atoms with van der Waals surface area (Å²) >= 11 is 0. The fourth-order valence-electron chi connectivity index (χ4n) is 2.58. The fraction of sp³-hybridized carbons (Fsp3) is 0.357. The van der Waals surface area contributed by atoms with E-state index in [4.69, 9.17) is 11.5 Å². The van der Waals surface area contributed by atoms with Gasteiger partial charge in [-0.05, 0) is 25.0 Å². The van der Waals surface area contributed by atoms with Gasteiger partial charge in [-0.1, -0.05) is 6.07 Å². The molecule has 0 spiro atoms. The molecule has 1 saturated heterocycles. The smallest absolute Gasteiger partial charge is 0.289 e. The van der Waals surface area contributed by atoms with E-state index in [1.165, 1.54) is 0 Å². The molecule has 0 aliphatic carbocycles. The number of aromatic nitrogens is 2. The molecular weight excluding hydrogens is 270 g/mol. The lowest BCUT2D eigenvalue weighted by Gasteiger charge is -2.29. The van der Waals surface area contributed by atoms with Crippen LogP contribution in [0.25, 0.3) is 11.0 Å². The predicted molar refractivity (Wildman–Crippen MR) is 77.7 cm³/mol. The number of amides is 2. The minimum atomic E-state index is -0.560. The number of nitrogens with zero attached hydrogens (tertiary/aromatic N) is 2. The molecule has 1 aliphatic rings. The fourth-order valence-corrected chi connectivity index (χ4v) is 2.58. The molecule has 2 aromatic rings. The molecule has 1 fully saturated rings. The summed E-state index contributed by atoms with van der Waals surface area (Å²) in [5.41, 5.74) is 12.5. The van der Waals surface area contributed by atoms with E-state index in [0.717, 1.165) is 12.8 Å². The van der Waals surface area contributed by atoms with E-state index in [-0.39, 0.29) is 17.8 Å². The zero-order chi connectivity index (χ0) is 15.0. The van der Waals surface area contributed by atoms with E-state index < -0.39 is 5.91 Å². The minimum absolute atomic E-state index is 0.159. The van der Waals surface area contributed by atoms with Crippen molar-refractivity contribution in [2.24, 2.45) is 11.5 Å². The SMILES string of the molecule is NC(=O)c1cccc2[nH]c(C(=O)N3CCC(N)CC3)nc12. The summed E-state index contributed by atoms with van der Waals surface area (Å²) in [4.78, 5) is 32.8. The second-order valence-electron chi connectivity index (χ2n) is 5.28. The highest BCUT2D eigenvalue weighted by molar-refractivity contribution is 6.05. The van der Waals surface area contributed by atoms with E-state index in [2.05, 4.69) is 9.97 Å². The van der Waals surface area contributed by atoms with Crippen molar-refractivity contribution in [3.05, 3.63) is 29.6 Å². The molecular formula is C14H17N5O2. The molecule has 3 rings (SSSR count). The van der Waals surface area contributed by atoms with E-state index >= 15 is 0 Å². The molecule has 21 heavy (non-hydrogen) atoms. The van der Waals surface area contributed by atoms with Gasteiger partial charge in [0.15, 0.2) is 5.82 Å². The van der Waals surface area contributed by atoms with Gasteiger partial charge >= 0.3 is 0 Å². The van der Waals surface area contributed by atoms with E-state index in [9.17, 15) is 9.59 Å². The molecule has 1 aromatic carbocycles. The van der Waals surface area contributed by atoms with E-state index in [1.54, 1.807) is 23.1 Å². The van der Waals surface area contributed by atoms with Crippen molar-refractivity contribution in [2.45, 2.75) is 18.9 Å². The number of nitrogens with one attached hydrogen (secondary N) is 1. The lowest BCUT2D eigenvalue weighted by Crippen LogP contribution is -2.43. The van der Waals surface area contributed by atoms with Crippen molar-refractivity contribution >= 4 is 22.8 Å². The highest BCUT2D eigenvalue weighted by atomic mass is 16.2. The van der Waals surface area contributed by atoms with Gasteiger partial charge in [-0.15, -0.1) is 0 Å². The number of carbonyl (C=O) groups excluding carboxylic acids is 2. The summed E-state index contributed by atoms with van der Waals surface area (Å²) in [5, 5.41) is 0. The Balaban J connectivity index is 1.92. The van der Waals surface area contributed by atoms with Crippen LogP contribution in [-0.2, 0) is 0 Å². The Hall–Kier alpha value is -2.41. The number of imidazole rings is 1. The summed E-state index contributed by atoms with van der Waals surface area (Å²) < 4.78 is 0. The number of aromatic amines is 1. The van der Waals surface area contributed by atoms with Gasteiger partial charge in [-0.2, -0.15) is 0 Å². The van der Waals surface area contributed by atoms with Crippen LogP contribution in [0, 0.1) is 0 Å². The Morgan fingerprint density at radius 2 is 2.00 bits per heavy atom. The van der Waals surface area contributed by atoms with Gasteiger partial charge in [-0.25, -0.2) is 4.98 Å². The summed E-state index contributed by atoms with van der Waals surface area (Å²) in [7, 11) is 0. The van der Waals surface area contributed by atoms with Crippen LogP contribution in [-0.4, -0.2) is 45.8 Å². The first-order chi connectivity index (χ1) is 10.1. The van der Waals surface area contributed by atoms with Crippen LogP contribution in [0.15, 0.2) is 18.2 Å². The van der Waals surface area contributed by atoms with Crippen LogP contribution in [0.1, 0.15) is 33.8 Å². The molecule has 7 heteroatoms. The molecule has 2 heterocycles. The third-order valence-electron chi connectivity index (χ3n) is 3.81. The number of carbonyl (C=O) groups is 2. The van der Waals surface area contributed by atoms with Gasteiger partial charge in [-0.3, -0.25) is 9.59 Å². The van der Waals surface area contributed by atoms with Crippen molar-refractivity contribution in [1.29, 1.82) is 0 Å². The molecule has 0 radical (unpaired) electrons. The van der Waals surface area contributed by atoms with Gasteiger partial charge in [0.2, 0.25) is 0 Å². The quantitative estimate of drug-likeness (QED) is 0.732. The van der Waals surface area contributed by atoms with Crippen LogP contribution in [0.4, 0.5) is 0 Å². The Kier molecular flexibility index (Phi) is 3.34. The maximum atomic E-state index is 12.4. The topological polar surface area (TPSA) is 118 Å². The van der Waals surface area contributed by atoms with E-state index in [1.807, 2.05) is 0 Å². The first-order valence-electron chi connectivity index (χ1n) is 6.89. The molecule has 1 aromatic heterocycles. The van der Waals surface area contributed by atoms with Crippen molar-refractivity contribution in [3.63, 3.8) is 0 Å². The second-order valence-corrected chi connectivity index (χ2v) is 5.28. The number of piperidine rings is 1. The molecule has 7 nitrogen and oxygen atoms in total. The first kappa shape index (κ1) is 13.6. The van der Waals surface area contributed by atoms with Crippen molar-refractivity contribution in [3.8, 4) is 0 Å². The third kappa shape index (κ3) is 2.47. The highest BCUT2D eigenvalue weighted by Gasteiger charge is 2.24. The monoisotopic (exact) mass is 287 g/mol. The number of hydrogen-bond donors (Lipinski definition) is 3. The third-order valence-corrected chi connectivity index (χ3v) is 3.81. The van der Waals surface area contributed by atoms with Crippen molar-refractivity contribution in [1.82, 2.24) is 14.9 Å². The average molecular weight is 287 g/mol. The van der Waals surface area contributed by atoms with Crippen LogP contribution in [0.3, 0.4) is 0 Å². The number of benzene rings is 1. The van der Waals surface area contributed by atoms with Gasteiger partial charge in [0.1, 0.15) is 5.52 Å². The molecule has 0 bridgehead atoms. The lowest BCUT2D eigenvalue weighted by atomic mass is 10.1. The van der Waals surface area contributed by atoms with E-state index in [0.29, 0.717) is 29.7 Å². The summed E-state index contributed by atoms with van der Waals surface area (Å²) in [6.45, 7) is 1.25. The molecule has 0 atom stereocenters. The number of likely N-dealkylation sites (tertiary alicyclic amines) is 1. The Bertz CT molecular complexity index is 700. The number of rotatable bonds is 2. The van der Waals surface area contributed by atoms with Crippen molar-refractivity contribution < 1.29 is 9.59 Å². The summed E-state index contributed by atoms with van der Waals surface area (Å²) in [6.07, 6.45) is 1.58. The number of hydrogen-bond acceptors (Lipinski definition) is 4. The summed E-state index contributed by atoms with van der Waals surface area (Å²) in [5.74, 6) is -0.502. The molecule has 110 valence electrons. The first-order valence-corrected chi connectivity index (χ1v) is 6.89. The zero-order valence-corrected chi connectivity index (χ0v) is 11.5. The molecule has 5 N–H and O–H groups in total. The highest BCUT2D eigenvalue weighted by Crippen LogP contribution is 2.18. The number of primary amides is 1. The second kappa shape index (κ2) is 5.17. The van der Waals surface area contributed by atoms with Gasteiger partial charge in [0.25, 0.3) is 11.8 Å². The Labute approximate surface area is 121 Å². The van der Waals surface area contributed by atoms with Crippen LogP contribution in [0.2, 0.25) is 0 Å². The maximum Gasteiger partial charge on any atom is 0.289 e. The summed E-state index contributed by atoms with van der Waals surface area (Å²) in [6, 6.07) is 5.22. The molecule has 1 aliphatic heterocycles. The maximum absolute atomic E-state index is 12.4. The number of nitrogens with two attached hydrogens (primary N) is 2. The molecule has 0 unspecified atom stereocenters. The minimum Gasteiger partial charge on any atom is -0.366 e. The number of fused-ring (bicyclic) bond motifs is 1. The Morgan fingerprint density at radius 3 is 2.67 bits per heavy atom. The van der Waals surface area contributed by atoms with Gasteiger partial charge in [0.05, 0.1) is 11.1 Å². The lowest BCUT2D eigenvalue weighted by molar-refractivity contribution is 0.0703. The number of para-hydroxylation sites is 1. The van der Waals surface area contributed by atoms with Crippen LogP contribution >= 0.6 is 0 Å². The predicted octanol–water partition coefficient (Wildman–Crippen LogP) is 0.225.